The van der Waals surface area contributed by atoms with Crippen LogP contribution < -0.4 is 0 Å². The van der Waals surface area contributed by atoms with Crippen LogP contribution in [0, 0.1) is 56.2 Å². The predicted octanol–water partition coefficient (Wildman–Crippen LogP) is 7.79. The van der Waals surface area contributed by atoms with Gasteiger partial charge in [-0.05, 0) is 130 Å². The molecular weight excluding hydrogens is 765 g/mol. The standard InChI is InChI=1S/C49H76O11/c1-15-26(3)41(54)58-37-29(6)57-43(36(52)38(37)59-42(55)27(4)16-2)60-40-39(53)49(25-56-30(7)50)32(23-44(40,8)9)31-17-18-34-46(12)21-19-28(5)45(10,11)33(46)20-22-47(34,13)48(31,14)24-35(49)51/h15-17,28-29,32-40,43,51-53H,18-25H2,1-14H3/t28-,29?,32?,33?,34?,35+,36?,37-,38+,39-,40-,43-,46-,47+,48+,49-/m0/s1. The molecule has 60 heavy (non-hydrogen) atoms. The zero-order valence-electron chi connectivity index (χ0n) is 38.9. The second-order valence-corrected chi connectivity index (χ2v) is 21.8. The highest BCUT2D eigenvalue weighted by Crippen LogP contribution is 2.76. The number of aliphatic hydroxyl groups is 3. The maximum atomic E-state index is 13.2. The second-order valence-electron chi connectivity index (χ2n) is 21.8. The molecule has 5 aliphatic carbocycles. The van der Waals surface area contributed by atoms with Gasteiger partial charge in [-0.25, -0.2) is 9.59 Å². The molecule has 6 rings (SSSR count). The van der Waals surface area contributed by atoms with Crippen LogP contribution in [0.3, 0.4) is 0 Å². The molecule has 11 heteroatoms. The fourth-order valence-corrected chi connectivity index (χ4v) is 13.7. The van der Waals surface area contributed by atoms with Crippen molar-refractivity contribution in [2.45, 2.75) is 191 Å². The van der Waals surface area contributed by atoms with Gasteiger partial charge in [0.05, 0.1) is 29.8 Å². The zero-order chi connectivity index (χ0) is 44.7. The van der Waals surface area contributed by atoms with Gasteiger partial charge >= 0.3 is 17.9 Å². The van der Waals surface area contributed by atoms with Gasteiger partial charge in [-0.2, -0.15) is 0 Å². The van der Waals surface area contributed by atoms with E-state index in [0.29, 0.717) is 41.7 Å². The molecule has 6 aliphatic rings. The Labute approximate surface area is 359 Å². The Morgan fingerprint density at radius 1 is 0.833 bits per heavy atom. The molecule has 1 heterocycles. The molecule has 1 saturated heterocycles. The molecule has 0 bridgehead atoms. The van der Waals surface area contributed by atoms with Crippen molar-refractivity contribution >= 4 is 17.9 Å². The van der Waals surface area contributed by atoms with Crippen LogP contribution in [0.5, 0.6) is 0 Å². The summed E-state index contributed by atoms with van der Waals surface area (Å²) in [5.74, 6) is -0.537. The predicted molar refractivity (Wildman–Crippen MR) is 227 cm³/mol. The summed E-state index contributed by atoms with van der Waals surface area (Å²) >= 11 is 0. The highest BCUT2D eigenvalue weighted by Gasteiger charge is 2.73. The van der Waals surface area contributed by atoms with E-state index in [1.165, 1.54) is 25.3 Å². The maximum Gasteiger partial charge on any atom is 0.333 e. The third-order valence-corrected chi connectivity index (χ3v) is 18.2. The first kappa shape index (κ1) is 46.9. The van der Waals surface area contributed by atoms with Gasteiger partial charge in [0.1, 0.15) is 12.7 Å². The molecule has 338 valence electrons. The Hall–Kier alpha value is -2.57. The fraction of sp³-hybridized carbons (Fsp3) is 0.816. The van der Waals surface area contributed by atoms with Gasteiger partial charge in [-0.1, -0.05) is 79.2 Å². The summed E-state index contributed by atoms with van der Waals surface area (Å²) in [7, 11) is 0. The first-order valence-electron chi connectivity index (χ1n) is 22.6. The van der Waals surface area contributed by atoms with Crippen molar-refractivity contribution < 1.29 is 53.4 Å². The second kappa shape index (κ2) is 16.2. The van der Waals surface area contributed by atoms with E-state index in [9.17, 15) is 29.7 Å². The van der Waals surface area contributed by atoms with Crippen molar-refractivity contribution in [1.82, 2.24) is 0 Å². The fourth-order valence-electron chi connectivity index (χ4n) is 13.7. The van der Waals surface area contributed by atoms with Crippen LogP contribution in [0.1, 0.15) is 142 Å². The van der Waals surface area contributed by atoms with Gasteiger partial charge in [-0.3, -0.25) is 4.79 Å². The minimum atomic E-state index is -1.63. The minimum absolute atomic E-state index is 0.116. The smallest absolute Gasteiger partial charge is 0.333 e. The van der Waals surface area contributed by atoms with E-state index in [1.54, 1.807) is 46.8 Å². The van der Waals surface area contributed by atoms with Crippen LogP contribution >= 0.6 is 0 Å². The lowest BCUT2D eigenvalue weighted by atomic mass is 9.32. The van der Waals surface area contributed by atoms with E-state index in [4.69, 9.17) is 23.7 Å². The molecule has 11 nitrogen and oxygen atoms in total. The van der Waals surface area contributed by atoms with E-state index in [2.05, 4.69) is 47.6 Å². The Morgan fingerprint density at radius 3 is 2.02 bits per heavy atom. The van der Waals surface area contributed by atoms with Crippen LogP contribution in [0.15, 0.2) is 34.9 Å². The summed E-state index contributed by atoms with van der Waals surface area (Å²) < 4.78 is 30.4. The minimum Gasteiger partial charge on any atom is -0.465 e. The van der Waals surface area contributed by atoms with Gasteiger partial charge in [-0.15, -0.1) is 0 Å². The summed E-state index contributed by atoms with van der Waals surface area (Å²) in [5.41, 5.74) is -0.374. The number of rotatable bonds is 8. The van der Waals surface area contributed by atoms with Crippen LogP contribution in [0.2, 0.25) is 0 Å². The summed E-state index contributed by atoms with van der Waals surface area (Å²) in [4.78, 5) is 38.7. The Balaban J connectivity index is 1.37. The lowest BCUT2D eigenvalue weighted by Crippen LogP contribution is -2.72. The summed E-state index contributed by atoms with van der Waals surface area (Å²) in [6.45, 7) is 28.1. The third-order valence-electron chi connectivity index (χ3n) is 18.2. The Kier molecular flexibility index (Phi) is 12.7. The van der Waals surface area contributed by atoms with E-state index in [-0.39, 0.29) is 34.2 Å². The number of carbonyl (C=O) groups excluding carboxylic acids is 3. The molecule has 0 aromatic carbocycles. The van der Waals surface area contributed by atoms with Crippen molar-refractivity contribution in [3.05, 3.63) is 34.9 Å². The number of ether oxygens (including phenoxy) is 5. The van der Waals surface area contributed by atoms with Crippen LogP contribution in [-0.2, 0) is 38.1 Å². The average molecular weight is 841 g/mol. The topological polar surface area (TPSA) is 158 Å². The molecule has 16 atom stereocenters. The number of esters is 3. The number of hydrogen-bond acceptors (Lipinski definition) is 11. The van der Waals surface area contributed by atoms with Gasteiger partial charge < -0.3 is 39.0 Å². The van der Waals surface area contributed by atoms with Crippen molar-refractivity contribution in [2.24, 2.45) is 56.2 Å². The van der Waals surface area contributed by atoms with Gasteiger partial charge in [0.25, 0.3) is 0 Å². The van der Waals surface area contributed by atoms with Gasteiger partial charge in [0.2, 0.25) is 0 Å². The number of aliphatic hydroxyl groups excluding tert-OH is 3. The molecule has 0 amide bonds. The van der Waals surface area contributed by atoms with Crippen molar-refractivity contribution in [3.63, 3.8) is 0 Å². The lowest BCUT2D eigenvalue weighted by molar-refractivity contribution is -0.342. The molecule has 5 fully saturated rings. The van der Waals surface area contributed by atoms with Crippen molar-refractivity contribution in [3.8, 4) is 0 Å². The molecular formula is C49H76O11. The zero-order valence-corrected chi connectivity index (χ0v) is 38.9. The molecule has 4 saturated carbocycles. The first-order chi connectivity index (χ1) is 27.8. The molecule has 0 radical (unpaired) electrons. The first-order valence-corrected chi connectivity index (χ1v) is 22.6. The Bertz CT molecular complexity index is 1780. The third kappa shape index (κ3) is 7.16. The molecule has 0 aromatic heterocycles. The van der Waals surface area contributed by atoms with E-state index in [1.807, 2.05) is 13.8 Å². The van der Waals surface area contributed by atoms with Gasteiger partial charge in [0.15, 0.2) is 18.5 Å². The largest absolute Gasteiger partial charge is 0.465 e. The number of allylic oxidation sites excluding steroid dienone is 4. The summed E-state index contributed by atoms with van der Waals surface area (Å²) in [5, 5.41) is 37.7. The van der Waals surface area contributed by atoms with Crippen molar-refractivity contribution in [2.75, 3.05) is 6.61 Å². The molecule has 0 aromatic rings. The monoisotopic (exact) mass is 841 g/mol. The van der Waals surface area contributed by atoms with E-state index in [0.717, 1.165) is 19.3 Å². The van der Waals surface area contributed by atoms with Crippen LogP contribution in [-0.4, -0.2) is 88.9 Å². The number of hydrogen-bond donors (Lipinski definition) is 3. The lowest BCUT2D eigenvalue weighted by Gasteiger charge is -2.72. The highest BCUT2D eigenvalue weighted by molar-refractivity contribution is 5.88. The Morgan fingerprint density at radius 2 is 1.43 bits per heavy atom. The number of fused-ring (bicyclic) bond motifs is 7. The van der Waals surface area contributed by atoms with Crippen LogP contribution in [0.25, 0.3) is 0 Å². The molecule has 0 spiro atoms. The SMILES string of the molecule is CC=C(C)C(=O)O[C@@H]1C(O)[C@H](O[C@H]2[C@H](O)[C@@]3(COC(C)=O)C(CC2(C)C)C2=CCC4[C@@]5(C)CC[C@H](C)C(C)(C)C5CC[C@@]4(C)[C@]2(C)C[C@H]3O)OC(C)[C@@H]1OC(=O)C(C)=CC. The number of carbonyl (C=O) groups is 3. The van der Waals surface area contributed by atoms with Gasteiger partial charge in [0, 0.05) is 18.1 Å². The summed E-state index contributed by atoms with van der Waals surface area (Å²) in [6.07, 6.45) is 1.97. The van der Waals surface area contributed by atoms with E-state index >= 15 is 0 Å². The maximum absolute atomic E-state index is 13.2. The normalized spacial score (nSPS) is 46.0. The van der Waals surface area contributed by atoms with Crippen molar-refractivity contribution in [1.29, 1.82) is 0 Å². The van der Waals surface area contributed by atoms with Crippen LogP contribution in [0.4, 0.5) is 0 Å². The highest BCUT2D eigenvalue weighted by atomic mass is 16.7. The summed E-state index contributed by atoms with van der Waals surface area (Å²) in [6, 6.07) is 0. The quantitative estimate of drug-likeness (QED) is 0.0721. The molecule has 5 unspecified atom stereocenters. The average Bonchev–Trinajstić information content (AvgIpc) is 3.17. The van der Waals surface area contributed by atoms with E-state index < -0.39 is 77.8 Å². The molecule has 3 N–H and O–H groups in total. The molecule has 1 aliphatic heterocycles.